The van der Waals surface area contributed by atoms with Crippen molar-refractivity contribution in [2.75, 3.05) is 13.2 Å². The molecule has 2 aromatic carbocycles. The molecule has 0 radical (unpaired) electrons. The smallest absolute Gasteiger partial charge is 0.158 e. The number of ketones is 1. The zero-order valence-electron chi connectivity index (χ0n) is 14.0. The lowest BCUT2D eigenvalue weighted by Crippen LogP contribution is -2.14. The van der Waals surface area contributed by atoms with Crippen molar-refractivity contribution in [1.29, 1.82) is 5.26 Å². The summed E-state index contributed by atoms with van der Waals surface area (Å²) >= 11 is 0. The fourth-order valence-electron chi connectivity index (χ4n) is 2.49. The number of carbonyl (C=O) groups excluding carboxylic acids is 1. The van der Waals surface area contributed by atoms with Crippen molar-refractivity contribution in [1.82, 2.24) is 0 Å². The number of carbonyl (C=O) groups is 1. The number of Topliss-reactive ketones (excluding diaryl/α,β-unsaturated/α-hetero) is 1. The van der Waals surface area contributed by atoms with Crippen molar-refractivity contribution < 1.29 is 14.3 Å². The van der Waals surface area contributed by atoms with Gasteiger partial charge in [0, 0.05) is 12.5 Å². The summed E-state index contributed by atoms with van der Waals surface area (Å²) in [5.41, 5.74) is 1.50. The normalized spacial score (nSPS) is 11.4. The molecule has 0 aliphatic carbocycles. The largest absolute Gasteiger partial charge is 0.494 e. The number of nitrogens with zero attached hydrogens (tertiary/aromatic N) is 1. The number of benzene rings is 2. The lowest BCUT2D eigenvalue weighted by atomic mass is 9.92. The lowest BCUT2D eigenvalue weighted by Gasteiger charge is -2.14. The Kier molecular flexibility index (Phi) is 6.39. The summed E-state index contributed by atoms with van der Waals surface area (Å²) in [7, 11) is 0. The van der Waals surface area contributed by atoms with E-state index < -0.39 is 5.92 Å². The van der Waals surface area contributed by atoms with Crippen molar-refractivity contribution in [3.63, 3.8) is 0 Å². The minimum absolute atomic E-state index is 0.139. The molecule has 0 aliphatic rings. The molecule has 0 N–H and O–H groups in total. The first-order chi connectivity index (χ1) is 11.7. The van der Waals surface area contributed by atoms with Crippen LogP contribution >= 0.6 is 0 Å². The standard InChI is InChI=1S/C20H21NO3/c1-3-23-17-11-16(12-18(13-17)24-4-2)19(14-21)20(22)10-15-8-6-5-7-9-15/h5-9,11-13,19H,3-4,10H2,1-2H3. The van der Waals surface area contributed by atoms with Crippen molar-refractivity contribution in [2.45, 2.75) is 26.2 Å². The van der Waals surface area contributed by atoms with Crippen LogP contribution in [0.3, 0.4) is 0 Å². The van der Waals surface area contributed by atoms with Crippen molar-refractivity contribution in [2.24, 2.45) is 0 Å². The van der Waals surface area contributed by atoms with Gasteiger partial charge in [-0.25, -0.2) is 0 Å². The molecule has 4 heteroatoms. The van der Waals surface area contributed by atoms with Crippen LogP contribution in [-0.2, 0) is 11.2 Å². The van der Waals surface area contributed by atoms with Gasteiger partial charge in [0.25, 0.3) is 0 Å². The molecule has 0 bridgehead atoms. The average Bonchev–Trinajstić information content (AvgIpc) is 2.57. The van der Waals surface area contributed by atoms with Crippen molar-refractivity contribution >= 4 is 5.78 Å². The Bertz CT molecular complexity index is 695. The Morgan fingerprint density at radius 2 is 1.62 bits per heavy atom. The highest BCUT2D eigenvalue weighted by atomic mass is 16.5. The van der Waals surface area contributed by atoms with Crippen LogP contribution in [0.2, 0.25) is 0 Å². The summed E-state index contributed by atoms with van der Waals surface area (Å²) in [5, 5.41) is 9.52. The van der Waals surface area contributed by atoms with E-state index in [4.69, 9.17) is 9.47 Å². The predicted molar refractivity (Wildman–Crippen MR) is 92.3 cm³/mol. The number of hydrogen-bond donors (Lipinski definition) is 0. The van der Waals surface area contributed by atoms with Gasteiger partial charge in [0.15, 0.2) is 5.78 Å². The number of rotatable bonds is 8. The predicted octanol–water partition coefficient (Wildman–Crippen LogP) is 3.90. The van der Waals surface area contributed by atoms with E-state index in [1.165, 1.54) is 0 Å². The van der Waals surface area contributed by atoms with Gasteiger partial charge < -0.3 is 9.47 Å². The molecule has 0 heterocycles. The highest BCUT2D eigenvalue weighted by Gasteiger charge is 2.22. The second-order valence-corrected chi connectivity index (χ2v) is 5.29. The summed E-state index contributed by atoms with van der Waals surface area (Å²) in [6.45, 7) is 4.78. The topological polar surface area (TPSA) is 59.3 Å². The Labute approximate surface area is 142 Å². The summed E-state index contributed by atoms with van der Waals surface area (Å²) < 4.78 is 11.1. The summed E-state index contributed by atoms with van der Waals surface area (Å²) in [6, 6.07) is 16.8. The van der Waals surface area contributed by atoms with Crippen LogP contribution in [0, 0.1) is 11.3 Å². The maximum Gasteiger partial charge on any atom is 0.158 e. The number of ether oxygens (including phenoxy) is 2. The molecule has 0 amide bonds. The Morgan fingerprint density at radius 1 is 1.04 bits per heavy atom. The molecular weight excluding hydrogens is 302 g/mol. The zero-order valence-corrected chi connectivity index (χ0v) is 14.0. The van der Waals surface area contributed by atoms with Gasteiger partial charge in [-0.05, 0) is 37.1 Å². The first-order valence-corrected chi connectivity index (χ1v) is 8.04. The summed E-state index contributed by atoms with van der Waals surface area (Å²) in [4.78, 5) is 12.6. The molecule has 0 aromatic heterocycles. The van der Waals surface area contributed by atoms with Crippen molar-refractivity contribution in [3.8, 4) is 17.6 Å². The van der Waals surface area contributed by atoms with E-state index in [-0.39, 0.29) is 12.2 Å². The molecule has 2 rings (SSSR count). The first-order valence-electron chi connectivity index (χ1n) is 8.04. The van der Waals surface area contributed by atoms with Gasteiger partial charge in [-0.2, -0.15) is 5.26 Å². The van der Waals surface area contributed by atoms with Crippen LogP contribution in [0.5, 0.6) is 11.5 Å². The summed E-state index contributed by atoms with van der Waals surface area (Å²) in [6.07, 6.45) is 0.224. The molecule has 124 valence electrons. The molecule has 0 saturated carbocycles. The fourth-order valence-corrected chi connectivity index (χ4v) is 2.49. The Balaban J connectivity index is 2.28. The zero-order chi connectivity index (χ0) is 17.4. The van der Waals surface area contributed by atoms with Crippen LogP contribution in [0.25, 0.3) is 0 Å². The van der Waals surface area contributed by atoms with Crippen LogP contribution in [-0.4, -0.2) is 19.0 Å². The Hall–Kier alpha value is -2.80. The van der Waals surface area contributed by atoms with Gasteiger partial charge in [0.2, 0.25) is 0 Å². The Morgan fingerprint density at radius 3 is 2.12 bits per heavy atom. The van der Waals surface area contributed by atoms with Gasteiger partial charge in [0.05, 0.1) is 19.3 Å². The van der Waals surface area contributed by atoms with Gasteiger partial charge in [0.1, 0.15) is 17.4 Å². The molecule has 0 aliphatic heterocycles. The van der Waals surface area contributed by atoms with Gasteiger partial charge in [-0.1, -0.05) is 30.3 Å². The third kappa shape index (κ3) is 4.60. The molecule has 1 unspecified atom stereocenters. The third-order valence-electron chi connectivity index (χ3n) is 3.53. The fraction of sp³-hybridized carbons (Fsp3) is 0.300. The molecule has 2 aromatic rings. The van der Waals surface area contributed by atoms with Crippen LogP contribution in [0.4, 0.5) is 0 Å². The first kappa shape index (κ1) is 17.6. The van der Waals surface area contributed by atoms with E-state index in [9.17, 15) is 10.1 Å². The van der Waals surface area contributed by atoms with E-state index in [0.717, 1.165) is 5.56 Å². The molecular formula is C20H21NO3. The highest BCUT2D eigenvalue weighted by Crippen LogP contribution is 2.29. The van der Waals surface area contributed by atoms with Gasteiger partial charge >= 0.3 is 0 Å². The highest BCUT2D eigenvalue weighted by molar-refractivity contribution is 5.90. The molecule has 0 saturated heterocycles. The van der Waals surface area contributed by atoms with E-state index in [1.807, 2.05) is 44.2 Å². The SMILES string of the molecule is CCOc1cc(OCC)cc(C(C#N)C(=O)Cc2ccccc2)c1. The molecule has 4 nitrogen and oxygen atoms in total. The molecule has 1 atom stereocenters. The van der Waals surface area contributed by atoms with E-state index >= 15 is 0 Å². The minimum atomic E-state index is -0.843. The minimum Gasteiger partial charge on any atom is -0.494 e. The maximum absolute atomic E-state index is 12.6. The molecule has 0 fully saturated rings. The van der Waals surface area contributed by atoms with Gasteiger partial charge in [-0.3, -0.25) is 4.79 Å². The van der Waals surface area contributed by atoms with Crippen LogP contribution < -0.4 is 9.47 Å². The van der Waals surface area contributed by atoms with E-state index in [2.05, 4.69) is 6.07 Å². The quantitative estimate of drug-likeness (QED) is 0.739. The van der Waals surface area contributed by atoms with Gasteiger partial charge in [-0.15, -0.1) is 0 Å². The van der Waals surface area contributed by atoms with E-state index in [1.54, 1.807) is 18.2 Å². The van der Waals surface area contributed by atoms with Crippen LogP contribution in [0.1, 0.15) is 30.9 Å². The number of nitriles is 1. The molecule has 0 spiro atoms. The lowest BCUT2D eigenvalue weighted by molar-refractivity contribution is -0.118. The van der Waals surface area contributed by atoms with Crippen LogP contribution in [0.15, 0.2) is 48.5 Å². The van der Waals surface area contributed by atoms with E-state index in [0.29, 0.717) is 30.3 Å². The summed E-state index contributed by atoms with van der Waals surface area (Å²) in [5.74, 6) is 0.224. The monoisotopic (exact) mass is 323 g/mol. The maximum atomic E-state index is 12.6. The second kappa shape index (κ2) is 8.73. The average molecular weight is 323 g/mol. The third-order valence-corrected chi connectivity index (χ3v) is 3.53. The van der Waals surface area contributed by atoms with Crippen molar-refractivity contribution in [3.05, 3.63) is 59.7 Å². The number of hydrogen-bond acceptors (Lipinski definition) is 4. The second-order valence-electron chi connectivity index (χ2n) is 5.29. The molecule has 24 heavy (non-hydrogen) atoms.